The Hall–Kier alpha value is -1.14. The van der Waals surface area contributed by atoms with Crippen LogP contribution in [0.1, 0.15) is 12.8 Å². The normalized spacial score (nSPS) is 16.7. The van der Waals surface area contributed by atoms with Gasteiger partial charge in [-0.05, 0) is 62.4 Å². The molecular weight excluding hydrogens is 406 g/mol. The summed E-state index contributed by atoms with van der Waals surface area (Å²) in [7, 11) is 0.905. The maximum Gasteiger partial charge on any atom is 0.123 e. The molecule has 2 aromatic rings. The van der Waals surface area contributed by atoms with Crippen molar-refractivity contribution in [1.82, 2.24) is 4.90 Å². The van der Waals surface area contributed by atoms with Crippen molar-refractivity contribution in [2.24, 2.45) is 0 Å². The first-order chi connectivity index (χ1) is 12.9. The Morgan fingerprint density at radius 2 is 1.81 bits per heavy atom. The summed E-state index contributed by atoms with van der Waals surface area (Å²) in [5.41, 5.74) is 1.06. The van der Waals surface area contributed by atoms with Crippen LogP contribution in [0.2, 0.25) is 10.0 Å². The van der Waals surface area contributed by atoms with Gasteiger partial charge in [0.2, 0.25) is 0 Å². The van der Waals surface area contributed by atoms with Gasteiger partial charge in [0.05, 0.1) is 20.7 Å². The van der Waals surface area contributed by atoms with Gasteiger partial charge in [-0.15, -0.1) is 0 Å². The number of hydrogen-bond acceptors (Lipinski definition) is 3. The average Bonchev–Trinajstić information content (AvgIpc) is 2.68. The maximum absolute atomic E-state index is 13.1. The van der Waals surface area contributed by atoms with E-state index in [2.05, 4.69) is 16.8 Å². The third-order valence-electron chi connectivity index (χ3n) is 5.05. The van der Waals surface area contributed by atoms with E-state index in [9.17, 15) is 8.60 Å². The van der Waals surface area contributed by atoms with Crippen LogP contribution in [0.15, 0.2) is 47.4 Å². The van der Waals surface area contributed by atoms with Gasteiger partial charge in [0.1, 0.15) is 5.82 Å². The number of piperidine rings is 1. The first kappa shape index (κ1) is 20.6. The Labute approximate surface area is 172 Å². The zero-order valence-corrected chi connectivity index (χ0v) is 17.5. The van der Waals surface area contributed by atoms with Crippen LogP contribution < -0.4 is 4.90 Å². The third kappa shape index (κ3) is 5.44. The van der Waals surface area contributed by atoms with E-state index in [1.54, 1.807) is 18.2 Å². The molecular formula is C20H23Cl2FN2OS. The summed E-state index contributed by atoms with van der Waals surface area (Å²) in [6, 6.07) is 12.2. The van der Waals surface area contributed by atoms with Gasteiger partial charge in [-0.1, -0.05) is 23.2 Å². The van der Waals surface area contributed by atoms with Gasteiger partial charge in [-0.25, -0.2) is 4.39 Å². The van der Waals surface area contributed by atoms with Crippen molar-refractivity contribution >= 4 is 39.7 Å². The van der Waals surface area contributed by atoms with Crippen LogP contribution in [0.3, 0.4) is 0 Å². The molecule has 0 bridgehead atoms. The predicted octanol–water partition coefficient (Wildman–Crippen LogP) is 4.84. The highest BCUT2D eigenvalue weighted by molar-refractivity contribution is 7.85. The fourth-order valence-electron chi connectivity index (χ4n) is 3.39. The molecule has 0 aliphatic carbocycles. The average molecular weight is 429 g/mol. The quantitative estimate of drug-likeness (QED) is 0.657. The van der Waals surface area contributed by atoms with Gasteiger partial charge in [0.25, 0.3) is 0 Å². The van der Waals surface area contributed by atoms with Gasteiger partial charge >= 0.3 is 0 Å². The number of benzene rings is 2. The molecule has 1 aliphatic rings. The summed E-state index contributed by atoms with van der Waals surface area (Å²) in [6.45, 7) is 2.60. The smallest absolute Gasteiger partial charge is 0.123 e. The third-order valence-corrected chi connectivity index (χ3v) is 7.11. The first-order valence-electron chi connectivity index (χ1n) is 8.98. The molecule has 146 valence electrons. The summed E-state index contributed by atoms with van der Waals surface area (Å²) >= 11 is 12.1. The van der Waals surface area contributed by atoms with E-state index in [4.69, 9.17) is 23.2 Å². The van der Waals surface area contributed by atoms with E-state index in [-0.39, 0.29) is 5.82 Å². The number of hydrogen-bond donors (Lipinski definition) is 0. The Balaban J connectivity index is 1.49. The zero-order chi connectivity index (χ0) is 19.4. The van der Waals surface area contributed by atoms with Crippen LogP contribution in [0.5, 0.6) is 0 Å². The second kappa shape index (κ2) is 9.37. The lowest BCUT2D eigenvalue weighted by Gasteiger charge is -2.37. The Morgan fingerprint density at radius 3 is 2.48 bits per heavy atom. The van der Waals surface area contributed by atoms with Crippen molar-refractivity contribution in [1.29, 1.82) is 0 Å². The first-order valence-corrected chi connectivity index (χ1v) is 11.1. The molecule has 1 atom stereocenters. The highest BCUT2D eigenvalue weighted by Crippen LogP contribution is 2.25. The summed E-state index contributed by atoms with van der Waals surface area (Å²) in [5, 5.41) is 1.04. The summed E-state index contributed by atoms with van der Waals surface area (Å²) in [5.74, 6) is 0.315. The van der Waals surface area contributed by atoms with E-state index in [0.29, 0.717) is 26.7 Å². The lowest BCUT2D eigenvalue weighted by atomic mass is 10.0. The lowest BCUT2D eigenvalue weighted by Crippen LogP contribution is -2.44. The SMILES string of the molecule is CN(CC[S@](=O)c1cc(Cl)ccc1Cl)C1CCN(c2ccc(F)cc2)CC1. The van der Waals surface area contributed by atoms with Gasteiger partial charge in [0.15, 0.2) is 0 Å². The van der Waals surface area contributed by atoms with Crippen molar-refractivity contribution in [2.45, 2.75) is 23.8 Å². The second-order valence-electron chi connectivity index (χ2n) is 6.80. The highest BCUT2D eigenvalue weighted by Gasteiger charge is 2.23. The topological polar surface area (TPSA) is 23.6 Å². The highest BCUT2D eigenvalue weighted by atomic mass is 35.5. The minimum Gasteiger partial charge on any atom is -0.371 e. The lowest BCUT2D eigenvalue weighted by molar-refractivity contribution is 0.219. The van der Waals surface area contributed by atoms with Crippen molar-refractivity contribution in [3.8, 4) is 0 Å². The maximum atomic E-state index is 13.1. The number of halogens is 3. The molecule has 0 amide bonds. The molecule has 1 heterocycles. The van der Waals surface area contributed by atoms with Crippen LogP contribution in [0.4, 0.5) is 10.1 Å². The van der Waals surface area contributed by atoms with Gasteiger partial charge in [0, 0.05) is 42.1 Å². The van der Waals surface area contributed by atoms with Gasteiger partial charge in [-0.3, -0.25) is 4.21 Å². The summed E-state index contributed by atoms with van der Waals surface area (Å²) < 4.78 is 25.6. The fraction of sp³-hybridized carbons (Fsp3) is 0.400. The molecule has 0 N–H and O–H groups in total. The molecule has 0 radical (unpaired) electrons. The zero-order valence-electron chi connectivity index (χ0n) is 15.2. The second-order valence-corrected chi connectivity index (χ2v) is 9.18. The molecule has 0 spiro atoms. The molecule has 1 fully saturated rings. The van der Waals surface area contributed by atoms with Crippen molar-refractivity contribution in [3.05, 3.63) is 58.3 Å². The Morgan fingerprint density at radius 1 is 1.15 bits per heavy atom. The monoisotopic (exact) mass is 428 g/mol. The minimum atomic E-state index is -1.17. The van der Waals surface area contributed by atoms with E-state index in [1.165, 1.54) is 12.1 Å². The molecule has 3 nitrogen and oxygen atoms in total. The van der Waals surface area contributed by atoms with Gasteiger partial charge < -0.3 is 9.80 Å². The molecule has 0 saturated carbocycles. The predicted molar refractivity (Wildman–Crippen MR) is 112 cm³/mol. The number of anilines is 1. The molecule has 3 rings (SSSR count). The standard InChI is InChI=1S/C20H23Cl2FN2OS/c1-24(12-13-27(26)20-14-15(21)2-7-19(20)22)17-8-10-25(11-9-17)18-5-3-16(23)4-6-18/h2-7,14,17H,8-13H2,1H3/t27-/m0/s1. The fourth-order valence-corrected chi connectivity index (χ4v) is 5.22. The number of nitrogens with zero attached hydrogens (tertiary/aromatic N) is 2. The summed E-state index contributed by atoms with van der Waals surface area (Å²) in [6.07, 6.45) is 2.05. The van der Waals surface area contributed by atoms with E-state index in [0.717, 1.165) is 38.2 Å². The van der Waals surface area contributed by atoms with E-state index < -0.39 is 10.8 Å². The van der Waals surface area contributed by atoms with Crippen LogP contribution in [-0.2, 0) is 10.8 Å². The van der Waals surface area contributed by atoms with E-state index in [1.807, 2.05) is 12.1 Å². The van der Waals surface area contributed by atoms with Crippen LogP contribution in [0.25, 0.3) is 0 Å². The molecule has 1 saturated heterocycles. The largest absolute Gasteiger partial charge is 0.371 e. The molecule has 0 aromatic heterocycles. The van der Waals surface area contributed by atoms with Crippen molar-refractivity contribution in [2.75, 3.05) is 37.3 Å². The molecule has 0 unspecified atom stereocenters. The minimum absolute atomic E-state index is 0.207. The summed E-state index contributed by atoms with van der Waals surface area (Å²) in [4.78, 5) is 5.16. The van der Waals surface area contributed by atoms with Crippen LogP contribution >= 0.6 is 23.2 Å². The molecule has 7 heteroatoms. The molecule has 27 heavy (non-hydrogen) atoms. The van der Waals surface area contributed by atoms with Crippen LogP contribution in [0, 0.1) is 5.82 Å². The van der Waals surface area contributed by atoms with E-state index >= 15 is 0 Å². The number of rotatable bonds is 6. The van der Waals surface area contributed by atoms with Crippen LogP contribution in [-0.4, -0.2) is 47.6 Å². The van der Waals surface area contributed by atoms with Crippen molar-refractivity contribution in [3.63, 3.8) is 0 Å². The molecule has 2 aromatic carbocycles. The molecule has 1 aliphatic heterocycles. The van der Waals surface area contributed by atoms with Crippen molar-refractivity contribution < 1.29 is 8.60 Å². The Bertz CT molecular complexity index is 795. The Kier molecular flexibility index (Phi) is 7.15. The van der Waals surface area contributed by atoms with Gasteiger partial charge in [-0.2, -0.15) is 0 Å².